The first-order chi connectivity index (χ1) is 29.9. The molecule has 0 spiro atoms. The average molecular weight is 1050 g/mol. The second-order valence-corrected chi connectivity index (χ2v) is 27.3. The number of aromatic hydroxyl groups is 1. The van der Waals surface area contributed by atoms with Gasteiger partial charge in [-0.2, -0.15) is 13.2 Å². The van der Waals surface area contributed by atoms with E-state index in [4.69, 9.17) is 4.42 Å². The quantitative estimate of drug-likeness (QED) is 0.109. The van der Waals surface area contributed by atoms with Crippen molar-refractivity contribution in [3.05, 3.63) is 52.4 Å². The minimum absolute atomic E-state index is 0. The van der Waals surface area contributed by atoms with E-state index in [1.165, 1.54) is 199 Å². The van der Waals surface area contributed by atoms with Crippen molar-refractivity contribution in [3.63, 3.8) is 0 Å². The van der Waals surface area contributed by atoms with Crippen molar-refractivity contribution < 1.29 is 86.0 Å². The van der Waals surface area contributed by atoms with Gasteiger partial charge in [0.1, 0.15) is 11.3 Å². The van der Waals surface area contributed by atoms with Crippen molar-refractivity contribution in [2.24, 2.45) is 0 Å². The normalized spacial score (nSPS) is 22.3. The van der Waals surface area contributed by atoms with Crippen LogP contribution in [-0.2, 0) is 9.13 Å². The maximum Gasteiger partial charge on any atom is 0.455 e. The molecule has 3 aromatic rings. The van der Waals surface area contributed by atoms with Gasteiger partial charge in [0.15, 0.2) is 5.56 Å². The van der Waals surface area contributed by atoms with Gasteiger partial charge in [0.05, 0.1) is 19.7 Å². The Hall–Kier alpha value is -0.786. The van der Waals surface area contributed by atoms with E-state index in [2.05, 4.69) is 0 Å². The summed E-state index contributed by atoms with van der Waals surface area (Å²) in [6, 6.07) is 9.46. The number of hydrogen-bond donors (Lipinski definition) is 1. The zero-order chi connectivity index (χ0) is 43.7. The third-order valence-electron chi connectivity index (χ3n) is 16.1. The van der Waals surface area contributed by atoms with Crippen LogP contribution in [0, 0.1) is 49.4 Å². The number of ketones is 1. The Labute approximate surface area is 415 Å². The first-order valence-electron chi connectivity index (χ1n) is 24.9. The number of Topliss-reactive ketones (excluding diaryl/α,β-unsaturated/α-hetero) is 1. The monoisotopic (exact) mass is 1050 g/mol. The van der Waals surface area contributed by atoms with Gasteiger partial charge < -0.3 is 18.7 Å². The van der Waals surface area contributed by atoms with E-state index in [1.54, 1.807) is 30.3 Å². The molecule has 6 fully saturated rings. The van der Waals surface area contributed by atoms with Crippen LogP contribution in [0.25, 0.3) is 21.7 Å². The summed E-state index contributed by atoms with van der Waals surface area (Å²) >= 11 is 0. The predicted molar refractivity (Wildman–Crippen MR) is 248 cm³/mol. The third kappa shape index (κ3) is 12.1. The van der Waals surface area contributed by atoms with E-state index in [9.17, 15) is 37.0 Å². The van der Waals surface area contributed by atoms with Crippen molar-refractivity contribution in [2.75, 3.05) is 0 Å². The Morgan fingerprint density at radius 1 is 0.524 bits per heavy atom. The first-order valence-corrected chi connectivity index (χ1v) is 28.7. The number of carbonyl (C=O) groups is 1. The van der Waals surface area contributed by atoms with Crippen molar-refractivity contribution in [2.45, 2.75) is 233 Å². The maximum atomic E-state index is 14.3. The maximum absolute atomic E-state index is 14.3. The number of fused-ring (bicyclic) bond motifs is 3. The Morgan fingerprint density at radius 2 is 0.841 bits per heavy atom. The minimum Gasteiger partial charge on any atom is -0.506 e. The van der Waals surface area contributed by atoms with Gasteiger partial charge in [0, 0.05) is 83.3 Å². The van der Waals surface area contributed by atoms with Gasteiger partial charge in [-0.1, -0.05) is 146 Å². The molecule has 12 heteroatoms. The molecule has 0 amide bonds. The largest absolute Gasteiger partial charge is 0.506 e. The second kappa shape index (κ2) is 24.0. The van der Waals surface area contributed by atoms with Crippen LogP contribution in [0.2, 0.25) is 0 Å². The second-order valence-electron chi connectivity index (χ2n) is 19.9. The summed E-state index contributed by atoms with van der Waals surface area (Å²) in [5, 5.41) is 11.0. The molecular weight excluding hydrogens is 979 g/mol. The van der Waals surface area contributed by atoms with Crippen molar-refractivity contribution >= 4 is 41.8 Å². The number of carbonyl (C=O) groups excluding carboxylic acids is 1. The van der Waals surface area contributed by atoms with Crippen LogP contribution in [0.1, 0.15) is 203 Å². The average Bonchev–Trinajstić information content (AvgIpc) is 3.32. The van der Waals surface area contributed by atoms with Gasteiger partial charge >= 0.3 is 11.8 Å². The van der Waals surface area contributed by atoms with E-state index >= 15 is 0 Å². The third-order valence-corrected chi connectivity index (χ3v) is 26.1. The molecule has 9 rings (SSSR count). The summed E-state index contributed by atoms with van der Waals surface area (Å²) in [5.41, 5.74) is 0.735. The number of halogens is 3. The summed E-state index contributed by atoms with van der Waals surface area (Å²) in [5.74, 6) is -3.46. The summed E-state index contributed by atoms with van der Waals surface area (Å²) in [6.45, 7) is 0. The van der Waals surface area contributed by atoms with Crippen LogP contribution in [-0.4, -0.2) is 51.0 Å². The molecule has 1 heterocycles. The molecule has 2 aromatic carbocycles. The molecule has 0 unspecified atom stereocenters. The fraction of sp³-hybridized carbons (Fsp3) is 0.725. The summed E-state index contributed by atoms with van der Waals surface area (Å²) in [6.07, 6.45) is 34.9. The van der Waals surface area contributed by atoms with E-state index < -0.39 is 43.2 Å². The number of benzene rings is 2. The smallest absolute Gasteiger partial charge is 0.455 e. The van der Waals surface area contributed by atoms with Crippen LogP contribution < -0.4 is 5.63 Å². The molecule has 0 aliphatic heterocycles. The van der Waals surface area contributed by atoms with Crippen molar-refractivity contribution in [3.8, 4) is 5.75 Å². The zero-order valence-corrected chi connectivity index (χ0v) is 41.8. The van der Waals surface area contributed by atoms with Gasteiger partial charge in [-0.05, 0) is 93.9 Å². The van der Waals surface area contributed by atoms with Gasteiger partial charge in [-0.25, -0.2) is 4.79 Å². The fourth-order valence-corrected chi connectivity index (χ4v) is 23.6. The summed E-state index contributed by atoms with van der Waals surface area (Å²) in [4.78, 5) is 23.0. The standard InChI is InChI=1S/2C18H33OP.C15H7F3O4.Eu/c2*19-20(16-10-4-1-5-11-16,17-12-6-2-7-13-17)18-14-8-3-9-15-18;16-15(17,18)13(20)11-12(19)10-8-4-2-1-3-7(8)5-6-9(10)22-14(11)21;/h2*16-18H,1-15H2;1-6,19H;. The van der Waals surface area contributed by atoms with Crippen LogP contribution in [0.5, 0.6) is 5.75 Å². The van der Waals surface area contributed by atoms with E-state index in [0.717, 1.165) is 0 Å². The first kappa shape index (κ1) is 51.6. The molecular formula is C51H73EuF3O6P2. The molecule has 6 aliphatic rings. The Morgan fingerprint density at radius 3 is 1.16 bits per heavy atom. The molecule has 0 saturated heterocycles. The minimum atomic E-state index is -5.29. The van der Waals surface area contributed by atoms with E-state index in [1.807, 2.05) is 0 Å². The predicted octanol–water partition coefficient (Wildman–Crippen LogP) is 16.1. The fourth-order valence-electron chi connectivity index (χ4n) is 13.0. The summed E-state index contributed by atoms with van der Waals surface area (Å²) < 4.78 is 71.0. The topological polar surface area (TPSA) is 102 Å². The van der Waals surface area contributed by atoms with E-state index in [0.29, 0.717) is 44.7 Å². The molecule has 63 heavy (non-hydrogen) atoms. The van der Waals surface area contributed by atoms with Gasteiger partial charge in [0.25, 0.3) is 5.78 Å². The summed E-state index contributed by atoms with van der Waals surface area (Å²) in [7, 11) is -3.89. The van der Waals surface area contributed by atoms with E-state index in [-0.39, 0.29) is 60.3 Å². The molecule has 6 aliphatic carbocycles. The number of alkyl halides is 3. The molecule has 1 aromatic heterocycles. The molecule has 6 saturated carbocycles. The van der Waals surface area contributed by atoms with Gasteiger partial charge in [0.2, 0.25) is 0 Å². The molecule has 0 atom stereocenters. The van der Waals surface area contributed by atoms with Crippen LogP contribution in [0.3, 0.4) is 0 Å². The molecule has 0 bridgehead atoms. The SMILES string of the molecule is O=C(c1c(O)c2c(ccc3ccccc32)oc1=O)C(F)(F)F.O=P(C1CCCCC1)(C1CCCCC1)C1CCCCC1.O=P(C1CCCCC1)(C1CCCCC1)C1CCCCC1.[Eu]. The molecule has 1 radical (unpaired) electrons. The number of hydrogen-bond acceptors (Lipinski definition) is 6. The molecule has 351 valence electrons. The van der Waals surface area contributed by atoms with Crippen molar-refractivity contribution in [1.82, 2.24) is 0 Å². The van der Waals surface area contributed by atoms with Crippen molar-refractivity contribution in [1.29, 1.82) is 0 Å². The number of rotatable bonds is 7. The Balaban J connectivity index is 0.000000156. The van der Waals surface area contributed by atoms with Gasteiger partial charge in [-0.3, -0.25) is 4.79 Å². The van der Waals surface area contributed by atoms with Crippen LogP contribution >= 0.6 is 14.3 Å². The van der Waals surface area contributed by atoms with Crippen LogP contribution in [0.15, 0.2) is 45.6 Å². The Kier molecular flexibility index (Phi) is 19.6. The zero-order valence-electron chi connectivity index (χ0n) is 37.5. The Bertz CT molecular complexity index is 1910. The van der Waals surface area contributed by atoms with Crippen LogP contribution in [0.4, 0.5) is 13.2 Å². The molecule has 1 N–H and O–H groups in total. The molecule has 6 nitrogen and oxygen atoms in total. The van der Waals surface area contributed by atoms with Gasteiger partial charge in [-0.15, -0.1) is 0 Å².